The van der Waals surface area contributed by atoms with Crippen LogP contribution in [0.5, 0.6) is 0 Å². The van der Waals surface area contributed by atoms with E-state index >= 15 is 0 Å². The van der Waals surface area contributed by atoms with E-state index in [1.54, 1.807) is 0 Å². The lowest BCUT2D eigenvalue weighted by Crippen LogP contribution is -2.37. The van der Waals surface area contributed by atoms with Crippen LogP contribution >= 0.6 is 0 Å². The fourth-order valence-electron chi connectivity index (χ4n) is 2.69. The standard InChI is InChI=1S/C13H14N4O5/c1-5(18)10-8(19)9(20)13(22-10)17-3-6(2-14)7-11(17)15-4-16-12(7)21/h3-5,8-10,13,18-20H,1H3,(H,15,16,21)/t5-,8-,9+,10+,13?/m0/s1. The second kappa shape index (κ2) is 5.19. The van der Waals surface area contributed by atoms with Crippen molar-refractivity contribution in [3.05, 3.63) is 28.4 Å². The molecule has 0 bridgehead atoms. The normalized spacial score (nSPS) is 29.6. The summed E-state index contributed by atoms with van der Waals surface area (Å²) < 4.78 is 6.81. The first-order valence-electron chi connectivity index (χ1n) is 6.63. The van der Waals surface area contributed by atoms with Gasteiger partial charge in [0.05, 0.1) is 18.0 Å². The molecular formula is C13H14N4O5. The van der Waals surface area contributed by atoms with Gasteiger partial charge in [-0.2, -0.15) is 5.26 Å². The monoisotopic (exact) mass is 306 g/mol. The van der Waals surface area contributed by atoms with Gasteiger partial charge in [-0.1, -0.05) is 0 Å². The Morgan fingerprint density at radius 3 is 2.82 bits per heavy atom. The van der Waals surface area contributed by atoms with Gasteiger partial charge in [-0.3, -0.25) is 4.79 Å². The molecule has 1 saturated heterocycles. The first kappa shape index (κ1) is 14.7. The molecule has 0 radical (unpaired) electrons. The van der Waals surface area contributed by atoms with Crippen molar-refractivity contribution in [3.63, 3.8) is 0 Å². The topological polar surface area (TPSA) is 144 Å². The summed E-state index contributed by atoms with van der Waals surface area (Å²) in [6.45, 7) is 1.43. The average molecular weight is 306 g/mol. The molecule has 3 heterocycles. The maximum atomic E-state index is 11.9. The highest BCUT2D eigenvalue weighted by Crippen LogP contribution is 2.33. The number of aliphatic hydroxyl groups is 3. The summed E-state index contributed by atoms with van der Waals surface area (Å²) in [4.78, 5) is 18.2. The van der Waals surface area contributed by atoms with E-state index in [2.05, 4.69) is 9.97 Å². The third-order valence-electron chi connectivity index (χ3n) is 3.76. The first-order chi connectivity index (χ1) is 10.5. The quantitative estimate of drug-likeness (QED) is 0.533. The van der Waals surface area contributed by atoms with Crippen molar-refractivity contribution in [2.45, 2.75) is 37.6 Å². The minimum absolute atomic E-state index is 0.0788. The summed E-state index contributed by atoms with van der Waals surface area (Å²) in [7, 11) is 0. The van der Waals surface area contributed by atoms with E-state index in [9.17, 15) is 20.1 Å². The summed E-state index contributed by atoms with van der Waals surface area (Å²) in [6, 6.07) is 1.88. The maximum Gasteiger partial charge on any atom is 0.261 e. The lowest BCUT2D eigenvalue weighted by molar-refractivity contribution is -0.0776. The summed E-state index contributed by atoms with van der Waals surface area (Å²) in [5.74, 6) is 0. The molecule has 9 nitrogen and oxygen atoms in total. The number of nitrogens with one attached hydrogen (secondary N) is 1. The van der Waals surface area contributed by atoms with Crippen molar-refractivity contribution in [2.75, 3.05) is 0 Å². The van der Waals surface area contributed by atoms with E-state index in [1.807, 2.05) is 6.07 Å². The van der Waals surface area contributed by atoms with Crippen molar-refractivity contribution in [1.29, 1.82) is 5.26 Å². The van der Waals surface area contributed by atoms with Crippen LogP contribution in [-0.2, 0) is 4.74 Å². The summed E-state index contributed by atoms with van der Waals surface area (Å²) in [6.07, 6.45) is -3.16. The summed E-state index contributed by atoms with van der Waals surface area (Å²) >= 11 is 0. The lowest BCUT2D eigenvalue weighted by atomic mass is 10.1. The van der Waals surface area contributed by atoms with E-state index in [0.717, 1.165) is 0 Å². The summed E-state index contributed by atoms with van der Waals surface area (Å²) in [5, 5.41) is 38.9. The second-order valence-corrected chi connectivity index (χ2v) is 5.21. The minimum atomic E-state index is -1.33. The molecule has 3 rings (SSSR count). The fraction of sp³-hybridized carbons (Fsp3) is 0.462. The Kier molecular flexibility index (Phi) is 3.46. The highest BCUT2D eigenvalue weighted by molar-refractivity contribution is 5.82. The van der Waals surface area contributed by atoms with Gasteiger partial charge in [-0.05, 0) is 6.92 Å². The number of ether oxygens (including phenoxy) is 1. The number of nitriles is 1. The van der Waals surface area contributed by atoms with Crippen LogP contribution in [0.25, 0.3) is 11.0 Å². The number of aromatic amines is 1. The SMILES string of the molecule is C[C@H](O)[C@H]1OC(n2cc(C#N)c3c(=O)[nH]cnc32)[C@H](O)[C@@H]1O. The highest BCUT2D eigenvalue weighted by Gasteiger charge is 2.46. The molecule has 1 aliphatic rings. The van der Waals surface area contributed by atoms with E-state index in [1.165, 1.54) is 24.0 Å². The Hall–Kier alpha value is -2.25. The van der Waals surface area contributed by atoms with Gasteiger partial charge >= 0.3 is 0 Å². The van der Waals surface area contributed by atoms with Crippen molar-refractivity contribution < 1.29 is 20.1 Å². The number of H-pyrrole nitrogens is 1. The molecule has 0 saturated carbocycles. The minimum Gasteiger partial charge on any atom is -0.391 e. The zero-order valence-corrected chi connectivity index (χ0v) is 11.5. The molecule has 2 aromatic heterocycles. The van der Waals surface area contributed by atoms with E-state index in [0.29, 0.717) is 0 Å². The van der Waals surface area contributed by atoms with Gasteiger partial charge in [0.15, 0.2) is 11.9 Å². The molecule has 0 amide bonds. The molecule has 0 aromatic carbocycles. The third kappa shape index (κ3) is 2.01. The summed E-state index contributed by atoms with van der Waals surface area (Å²) in [5.41, 5.74) is -0.252. The van der Waals surface area contributed by atoms with Gasteiger partial charge in [0.2, 0.25) is 0 Å². The molecular weight excluding hydrogens is 292 g/mol. The molecule has 22 heavy (non-hydrogen) atoms. The number of nitrogens with zero attached hydrogens (tertiary/aromatic N) is 3. The Labute approximate surface area is 124 Å². The second-order valence-electron chi connectivity index (χ2n) is 5.21. The van der Waals surface area contributed by atoms with E-state index < -0.39 is 36.2 Å². The third-order valence-corrected chi connectivity index (χ3v) is 3.76. The van der Waals surface area contributed by atoms with Crippen LogP contribution in [0.3, 0.4) is 0 Å². The number of hydrogen-bond donors (Lipinski definition) is 4. The van der Waals surface area contributed by atoms with Crippen LogP contribution in [0.15, 0.2) is 17.3 Å². The fourth-order valence-corrected chi connectivity index (χ4v) is 2.69. The van der Waals surface area contributed by atoms with Gasteiger partial charge < -0.3 is 29.6 Å². The Morgan fingerprint density at radius 1 is 1.50 bits per heavy atom. The van der Waals surface area contributed by atoms with Crippen LogP contribution in [0.2, 0.25) is 0 Å². The molecule has 1 fully saturated rings. The van der Waals surface area contributed by atoms with Gasteiger partial charge in [-0.25, -0.2) is 4.98 Å². The van der Waals surface area contributed by atoms with Crippen molar-refractivity contribution >= 4 is 11.0 Å². The largest absolute Gasteiger partial charge is 0.391 e. The zero-order chi connectivity index (χ0) is 16.0. The van der Waals surface area contributed by atoms with Crippen LogP contribution in [0, 0.1) is 11.3 Å². The Morgan fingerprint density at radius 2 is 2.23 bits per heavy atom. The predicted molar refractivity (Wildman–Crippen MR) is 72.7 cm³/mol. The van der Waals surface area contributed by atoms with Crippen LogP contribution in [-0.4, -0.2) is 54.3 Å². The van der Waals surface area contributed by atoms with Gasteiger partial charge in [0.1, 0.15) is 29.8 Å². The van der Waals surface area contributed by atoms with Gasteiger partial charge in [0.25, 0.3) is 5.56 Å². The zero-order valence-electron chi connectivity index (χ0n) is 11.5. The molecule has 9 heteroatoms. The molecule has 0 spiro atoms. The van der Waals surface area contributed by atoms with Crippen LogP contribution in [0.4, 0.5) is 0 Å². The molecule has 116 valence electrons. The Bertz CT molecular complexity index is 805. The smallest absolute Gasteiger partial charge is 0.261 e. The predicted octanol–water partition coefficient (Wildman–Crippen LogP) is -1.40. The number of aliphatic hydroxyl groups excluding tert-OH is 3. The lowest BCUT2D eigenvalue weighted by Gasteiger charge is -2.17. The van der Waals surface area contributed by atoms with E-state index in [-0.39, 0.29) is 16.6 Å². The van der Waals surface area contributed by atoms with Crippen LogP contribution in [0.1, 0.15) is 18.7 Å². The first-order valence-corrected chi connectivity index (χ1v) is 6.63. The average Bonchev–Trinajstić information content (AvgIpc) is 2.99. The van der Waals surface area contributed by atoms with Crippen molar-refractivity contribution in [2.24, 2.45) is 0 Å². The van der Waals surface area contributed by atoms with Gasteiger partial charge in [-0.15, -0.1) is 0 Å². The molecule has 5 atom stereocenters. The number of fused-ring (bicyclic) bond motifs is 1. The van der Waals surface area contributed by atoms with Gasteiger partial charge in [0, 0.05) is 6.20 Å². The van der Waals surface area contributed by atoms with Crippen LogP contribution < -0.4 is 5.56 Å². The highest BCUT2D eigenvalue weighted by atomic mass is 16.6. The molecule has 2 aromatic rings. The van der Waals surface area contributed by atoms with Crippen molar-refractivity contribution in [1.82, 2.24) is 14.5 Å². The van der Waals surface area contributed by atoms with Crippen molar-refractivity contribution in [3.8, 4) is 6.07 Å². The maximum absolute atomic E-state index is 11.9. The van der Waals surface area contributed by atoms with E-state index in [4.69, 9.17) is 10.00 Å². The molecule has 1 aliphatic heterocycles. The number of hydrogen-bond acceptors (Lipinski definition) is 7. The number of rotatable bonds is 2. The Balaban J connectivity index is 2.14. The molecule has 4 N–H and O–H groups in total. The molecule has 0 aliphatic carbocycles. The number of aromatic nitrogens is 3. The molecule has 1 unspecified atom stereocenters.